The minimum Gasteiger partial charge on any atom is -0.285 e. The smallest absolute Gasteiger partial charge is 0.275 e. The van der Waals surface area contributed by atoms with E-state index < -0.39 is 40.6 Å². The van der Waals surface area contributed by atoms with Gasteiger partial charge in [0.25, 0.3) is 20.2 Å². The van der Waals surface area contributed by atoms with Gasteiger partial charge in [-0.1, -0.05) is 89.1 Å². The molecule has 8 heteroatoms. The van der Waals surface area contributed by atoms with Crippen molar-refractivity contribution in [2.24, 2.45) is 21.7 Å². The van der Waals surface area contributed by atoms with Crippen LogP contribution in [0.2, 0.25) is 0 Å². The van der Waals surface area contributed by atoms with Gasteiger partial charge in [-0.15, -0.1) is 0 Å². The van der Waals surface area contributed by atoms with E-state index >= 15 is 0 Å². The van der Waals surface area contributed by atoms with E-state index in [9.17, 15) is 25.9 Å². The number of benzene rings is 1. The van der Waals surface area contributed by atoms with Gasteiger partial charge in [0.15, 0.2) is 0 Å². The van der Waals surface area contributed by atoms with E-state index in [0.717, 1.165) is 35.1 Å². The van der Waals surface area contributed by atoms with Gasteiger partial charge >= 0.3 is 0 Å². The molecule has 4 aliphatic carbocycles. The van der Waals surface area contributed by atoms with Gasteiger partial charge in [0.2, 0.25) is 0 Å². The van der Waals surface area contributed by atoms with Crippen molar-refractivity contribution in [3.05, 3.63) is 58.7 Å². The van der Waals surface area contributed by atoms with Crippen LogP contribution < -0.4 is 0 Å². The first-order valence-electron chi connectivity index (χ1n) is 12.7. The summed E-state index contributed by atoms with van der Waals surface area (Å²) in [6.07, 6.45) is 6.94. The van der Waals surface area contributed by atoms with Crippen LogP contribution in [0.15, 0.2) is 47.6 Å². The van der Waals surface area contributed by atoms with Crippen molar-refractivity contribution >= 4 is 20.2 Å². The predicted molar refractivity (Wildman–Crippen MR) is 141 cm³/mol. The quantitative estimate of drug-likeness (QED) is 0.365. The Labute approximate surface area is 215 Å². The number of hydrogen-bond acceptors (Lipinski definition) is 4. The molecular formula is C28H38O6S2. The van der Waals surface area contributed by atoms with Crippen molar-refractivity contribution < 1.29 is 25.9 Å². The Morgan fingerprint density at radius 2 is 0.944 bits per heavy atom. The molecule has 1 aromatic carbocycles. The van der Waals surface area contributed by atoms with E-state index in [1.807, 2.05) is 38.1 Å². The topological polar surface area (TPSA) is 109 Å². The molecule has 198 valence electrons. The fourth-order valence-electron chi connectivity index (χ4n) is 8.37. The summed E-state index contributed by atoms with van der Waals surface area (Å²) < 4.78 is 69.6. The Balaban J connectivity index is 1.50. The third kappa shape index (κ3) is 2.85. The van der Waals surface area contributed by atoms with Crippen LogP contribution in [0.1, 0.15) is 78.4 Å². The molecule has 0 spiro atoms. The second kappa shape index (κ2) is 7.13. The highest BCUT2D eigenvalue weighted by molar-refractivity contribution is 7.87. The summed E-state index contributed by atoms with van der Waals surface area (Å²) in [5.41, 5.74) is 1.75. The van der Waals surface area contributed by atoms with Gasteiger partial charge in [-0.2, -0.15) is 16.8 Å². The number of rotatable bonds is 6. The van der Waals surface area contributed by atoms with E-state index in [-0.39, 0.29) is 23.7 Å². The summed E-state index contributed by atoms with van der Waals surface area (Å²) in [5, 5.41) is 0. The maximum Gasteiger partial charge on any atom is 0.275 e. The zero-order valence-corrected chi connectivity index (χ0v) is 23.7. The van der Waals surface area contributed by atoms with Crippen LogP contribution >= 0.6 is 0 Å². The van der Waals surface area contributed by atoms with Gasteiger partial charge in [0, 0.05) is 10.8 Å². The molecule has 36 heavy (non-hydrogen) atoms. The Kier molecular flexibility index (Phi) is 5.18. The summed E-state index contributed by atoms with van der Waals surface area (Å²) >= 11 is 0. The van der Waals surface area contributed by atoms with Crippen LogP contribution in [0.25, 0.3) is 0 Å². The van der Waals surface area contributed by atoms with Crippen molar-refractivity contribution in [3.63, 3.8) is 0 Å². The number of allylic oxidation sites excluding steroid dienone is 2. The molecule has 4 aliphatic rings. The van der Waals surface area contributed by atoms with E-state index in [4.69, 9.17) is 0 Å². The predicted octanol–water partition coefficient (Wildman–Crippen LogP) is 5.56. The molecule has 4 bridgehead atoms. The maximum atomic E-state index is 12.9. The van der Waals surface area contributed by atoms with E-state index in [1.165, 1.54) is 0 Å². The van der Waals surface area contributed by atoms with Crippen LogP contribution in [0.3, 0.4) is 0 Å². The van der Waals surface area contributed by atoms with E-state index in [1.54, 1.807) is 12.2 Å². The molecule has 4 atom stereocenters. The molecule has 0 amide bonds. The lowest BCUT2D eigenvalue weighted by Gasteiger charge is -2.46. The van der Waals surface area contributed by atoms with Crippen LogP contribution in [-0.2, 0) is 33.1 Å². The molecule has 0 saturated heterocycles. The van der Waals surface area contributed by atoms with Crippen molar-refractivity contribution in [3.8, 4) is 0 Å². The zero-order valence-electron chi connectivity index (χ0n) is 22.1. The Hall–Kier alpha value is -1.48. The fraction of sp³-hybridized carbons (Fsp3) is 0.643. The highest BCUT2D eigenvalue weighted by Crippen LogP contribution is 2.70. The second-order valence-corrected chi connectivity index (χ2v) is 16.5. The normalized spacial score (nSPS) is 38.3. The molecule has 5 rings (SSSR count). The summed E-state index contributed by atoms with van der Waals surface area (Å²) in [5.74, 6) is 0. The summed E-state index contributed by atoms with van der Waals surface area (Å²) in [4.78, 5) is 0. The van der Waals surface area contributed by atoms with E-state index in [0.29, 0.717) is 12.8 Å². The minimum atomic E-state index is -4.40. The summed E-state index contributed by atoms with van der Waals surface area (Å²) in [7, 11) is -8.81. The average Bonchev–Trinajstić information content (AvgIpc) is 3.24. The SMILES string of the molecule is CC1(C)C2=CC(Cc3ccc(CC4(S(=O)(=O)O)C=C5CCC4(C)C5(C)C)cc3)(S(=O)(=O)O)C1(C)CC2. The Morgan fingerprint density at radius 3 is 1.14 bits per heavy atom. The van der Waals surface area contributed by atoms with Gasteiger partial charge < -0.3 is 0 Å². The van der Waals surface area contributed by atoms with Gasteiger partial charge in [0.1, 0.15) is 9.49 Å². The first-order valence-corrected chi connectivity index (χ1v) is 15.6. The average molecular weight is 535 g/mol. The third-order valence-corrected chi connectivity index (χ3v) is 15.0. The lowest BCUT2D eigenvalue weighted by atomic mass is 9.63. The van der Waals surface area contributed by atoms with Crippen molar-refractivity contribution in [1.82, 2.24) is 0 Å². The van der Waals surface area contributed by atoms with Gasteiger partial charge in [-0.25, -0.2) is 0 Å². The Bertz CT molecular complexity index is 1310. The van der Waals surface area contributed by atoms with Gasteiger partial charge in [-0.3, -0.25) is 9.11 Å². The highest BCUT2D eigenvalue weighted by Gasteiger charge is 2.70. The molecule has 0 heterocycles. The molecule has 4 unspecified atom stereocenters. The van der Waals surface area contributed by atoms with Crippen LogP contribution in [0.4, 0.5) is 0 Å². The van der Waals surface area contributed by atoms with Crippen molar-refractivity contribution in [2.45, 2.75) is 89.6 Å². The fourth-order valence-corrected chi connectivity index (χ4v) is 11.5. The Morgan fingerprint density at radius 1 is 0.639 bits per heavy atom. The lowest BCUT2D eigenvalue weighted by Crippen LogP contribution is -2.54. The van der Waals surface area contributed by atoms with Crippen LogP contribution in [0, 0.1) is 21.7 Å². The first kappa shape index (κ1) is 26.1. The number of hydrogen-bond donors (Lipinski definition) is 2. The lowest BCUT2D eigenvalue weighted by molar-refractivity contribution is 0.129. The standard InChI is InChI=1S/C28H38O6S2/c1-23(2)21-11-13-25(23,5)27(17-21,35(29,30)31)15-19-7-9-20(10-8-19)16-28(36(32,33)34)18-22-12-14-26(28,6)24(22,3)4/h7-10,17-18H,11-16H2,1-6H3,(H,29,30,31)(H,32,33,34). The molecule has 0 aromatic heterocycles. The van der Waals surface area contributed by atoms with Gasteiger partial charge in [-0.05, 0) is 60.5 Å². The summed E-state index contributed by atoms with van der Waals surface area (Å²) in [6.45, 7) is 12.2. The van der Waals surface area contributed by atoms with Crippen molar-refractivity contribution in [1.29, 1.82) is 0 Å². The molecular weight excluding hydrogens is 496 g/mol. The molecule has 1 aromatic rings. The molecule has 6 nitrogen and oxygen atoms in total. The molecule has 0 aliphatic heterocycles. The monoisotopic (exact) mass is 534 g/mol. The van der Waals surface area contributed by atoms with Crippen LogP contribution in [0.5, 0.6) is 0 Å². The highest BCUT2D eigenvalue weighted by atomic mass is 32.2. The minimum absolute atomic E-state index is 0.147. The molecule has 2 N–H and O–H groups in total. The summed E-state index contributed by atoms with van der Waals surface area (Å²) in [6, 6.07) is 7.31. The van der Waals surface area contributed by atoms with E-state index in [2.05, 4.69) is 27.7 Å². The maximum absolute atomic E-state index is 12.9. The second-order valence-electron chi connectivity index (χ2n) is 13.2. The largest absolute Gasteiger partial charge is 0.285 e. The van der Waals surface area contributed by atoms with Crippen molar-refractivity contribution in [2.75, 3.05) is 0 Å². The third-order valence-electron chi connectivity index (χ3n) is 11.7. The zero-order chi connectivity index (χ0) is 26.8. The molecule has 2 fully saturated rings. The number of fused-ring (bicyclic) bond motifs is 4. The van der Waals surface area contributed by atoms with Crippen LogP contribution in [-0.4, -0.2) is 35.4 Å². The first-order chi connectivity index (χ1) is 16.3. The van der Waals surface area contributed by atoms with Gasteiger partial charge in [0.05, 0.1) is 0 Å². The molecule has 0 radical (unpaired) electrons. The molecule has 2 saturated carbocycles.